The fourth-order valence-electron chi connectivity index (χ4n) is 0.257. The van der Waals surface area contributed by atoms with E-state index in [1.807, 2.05) is 0 Å². The molecule has 0 aliphatic heterocycles. The van der Waals surface area contributed by atoms with Crippen molar-refractivity contribution < 1.29 is 9.63 Å². The molecule has 0 fully saturated rings. The molecular formula is C4H10ClNO2. The number of carbonyl (C=O) groups excluding carboxylic acids is 1. The fourth-order valence-corrected chi connectivity index (χ4v) is 0.257. The summed E-state index contributed by atoms with van der Waals surface area (Å²) >= 11 is 0. The van der Waals surface area contributed by atoms with E-state index in [0.29, 0.717) is 0 Å². The molecule has 0 radical (unpaired) electrons. The predicted molar refractivity (Wildman–Crippen MR) is 32.7 cm³/mol. The van der Waals surface area contributed by atoms with Gasteiger partial charge in [0.05, 0.1) is 0 Å². The Balaban J connectivity index is 0. The third-order valence-electron chi connectivity index (χ3n) is 0.311. The number of hydrogen-bond acceptors (Lipinski definition) is 3. The Hall–Kier alpha value is -0.280. The van der Waals surface area contributed by atoms with Crippen LogP contribution < -0.4 is 0 Å². The van der Waals surface area contributed by atoms with Crippen LogP contribution in [0.15, 0.2) is 0 Å². The topological polar surface area (TPSA) is 29.5 Å². The summed E-state index contributed by atoms with van der Waals surface area (Å²) in [4.78, 5) is 14.4. The van der Waals surface area contributed by atoms with Gasteiger partial charge in [0, 0.05) is 21.0 Å². The lowest BCUT2D eigenvalue weighted by Gasteiger charge is -2.05. The van der Waals surface area contributed by atoms with E-state index < -0.39 is 0 Å². The van der Waals surface area contributed by atoms with Crippen molar-refractivity contribution in [3.63, 3.8) is 0 Å². The average Bonchev–Trinajstić information content (AvgIpc) is 1.27. The van der Waals surface area contributed by atoms with Gasteiger partial charge >= 0.3 is 5.97 Å². The quantitative estimate of drug-likeness (QED) is 0.494. The van der Waals surface area contributed by atoms with Gasteiger partial charge in [0.15, 0.2) is 0 Å². The molecule has 0 unspecified atom stereocenters. The van der Waals surface area contributed by atoms with Crippen molar-refractivity contribution in [2.24, 2.45) is 0 Å². The Bertz CT molecular complexity index is 74.4. The monoisotopic (exact) mass is 139 g/mol. The van der Waals surface area contributed by atoms with Gasteiger partial charge in [-0.05, 0) is 0 Å². The Morgan fingerprint density at radius 1 is 1.50 bits per heavy atom. The third-order valence-corrected chi connectivity index (χ3v) is 0.311. The number of rotatable bonds is 1. The molecule has 0 aromatic carbocycles. The van der Waals surface area contributed by atoms with E-state index in [-0.39, 0.29) is 18.4 Å². The first-order valence-electron chi connectivity index (χ1n) is 1.99. The van der Waals surface area contributed by atoms with E-state index in [1.54, 1.807) is 14.1 Å². The second-order valence-corrected chi connectivity index (χ2v) is 1.40. The molecule has 0 aromatic rings. The molecule has 0 aliphatic carbocycles. The molecule has 0 atom stereocenters. The Morgan fingerprint density at radius 3 is 1.88 bits per heavy atom. The van der Waals surface area contributed by atoms with Crippen molar-refractivity contribution in [1.29, 1.82) is 0 Å². The van der Waals surface area contributed by atoms with Gasteiger partial charge < -0.3 is 4.84 Å². The molecule has 8 heavy (non-hydrogen) atoms. The van der Waals surface area contributed by atoms with Crippen molar-refractivity contribution in [3.05, 3.63) is 0 Å². The normalized spacial score (nSPS) is 8.00. The second kappa shape index (κ2) is 4.87. The van der Waals surface area contributed by atoms with Gasteiger partial charge in [-0.3, -0.25) is 4.79 Å². The van der Waals surface area contributed by atoms with Gasteiger partial charge in [0.2, 0.25) is 0 Å². The number of nitrogens with zero attached hydrogens (tertiary/aromatic N) is 1. The molecule has 0 aliphatic rings. The number of halogens is 1. The molecule has 0 heterocycles. The van der Waals surface area contributed by atoms with E-state index in [1.165, 1.54) is 12.0 Å². The second-order valence-electron chi connectivity index (χ2n) is 1.40. The Morgan fingerprint density at radius 2 is 1.88 bits per heavy atom. The summed E-state index contributed by atoms with van der Waals surface area (Å²) in [5.41, 5.74) is 0. The molecule has 0 aromatic heterocycles. The standard InChI is InChI=1S/C4H9NO2.ClH/c1-4(6)7-5(2)3;/h1-3H3;1H. The maximum Gasteiger partial charge on any atom is 0.321 e. The summed E-state index contributed by atoms with van der Waals surface area (Å²) in [5.74, 6) is -0.287. The smallest absolute Gasteiger partial charge is 0.321 e. The molecule has 0 rings (SSSR count). The first-order chi connectivity index (χ1) is 3.13. The highest BCUT2D eigenvalue weighted by Gasteiger charge is 1.90. The lowest BCUT2D eigenvalue weighted by molar-refractivity contribution is -0.175. The molecule has 0 N–H and O–H groups in total. The first kappa shape index (κ1) is 10.7. The molecule has 0 bridgehead atoms. The largest absolute Gasteiger partial charge is 0.369 e. The minimum Gasteiger partial charge on any atom is -0.369 e. The molecule has 4 heteroatoms. The minimum absolute atomic E-state index is 0. The van der Waals surface area contributed by atoms with Gasteiger partial charge in [0.25, 0.3) is 0 Å². The van der Waals surface area contributed by atoms with Gasteiger partial charge in [-0.1, -0.05) is 0 Å². The van der Waals surface area contributed by atoms with Gasteiger partial charge in [-0.25, -0.2) is 0 Å². The average molecular weight is 140 g/mol. The van der Waals surface area contributed by atoms with E-state index in [2.05, 4.69) is 4.84 Å². The highest BCUT2D eigenvalue weighted by atomic mass is 35.5. The van der Waals surface area contributed by atoms with Gasteiger partial charge in [-0.15, -0.1) is 17.5 Å². The summed E-state index contributed by atoms with van der Waals surface area (Å²) < 4.78 is 0. The number of hydroxylamine groups is 2. The molecular weight excluding hydrogens is 130 g/mol. The lowest BCUT2D eigenvalue weighted by atomic mass is 10.8. The molecule has 50 valence electrons. The third kappa shape index (κ3) is 9.21. The van der Waals surface area contributed by atoms with Crippen LogP contribution in [0.1, 0.15) is 6.92 Å². The van der Waals surface area contributed by atoms with E-state index >= 15 is 0 Å². The Kier molecular flexibility index (Phi) is 6.48. The van der Waals surface area contributed by atoms with Crippen LogP contribution in [0.2, 0.25) is 0 Å². The minimum atomic E-state index is -0.287. The van der Waals surface area contributed by atoms with Crippen LogP contribution >= 0.6 is 12.4 Å². The van der Waals surface area contributed by atoms with E-state index in [4.69, 9.17) is 0 Å². The zero-order valence-corrected chi connectivity index (χ0v) is 5.99. The Labute approximate surface area is 55.0 Å². The van der Waals surface area contributed by atoms with Crippen LogP contribution in [0.5, 0.6) is 0 Å². The van der Waals surface area contributed by atoms with E-state index in [9.17, 15) is 4.79 Å². The fraction of sp³-hybridized carbons (Fsp3) is 0.750. The molecule has 0 spiro atoms. The van der Waals surface area contributed by atoms with E-state index in [0.717, 1.165) is 0 Å². The summed E-state index contributed by atoms with van der Waals surface area (Å²) in [6, 6.07) is 0. The molecule has 0 saturated carbocycles. The maximum absolute atomic E-state index is 9.99. The van der Waals surface area contributed by atoms with Crippen LogP contribution in [0.25, 0.3) is 0 Å². The van der Waals surface area contributed by atoms with Crippen LogP contribution in [-0.4, -0.2) is 25.1 Å². The SMILES string of the molecule is CC(=O)ON(C)C.Cl. The summed E-state index contributed by atoms with van der Waals surface area (Å²) in [6.45, 7) is 1.36. The van der Waals surface area contributed by atoms with Crippen LogP contribution in [0.3, 0.4) is 0 Å². The maximum atomic E-state index is 9.99. The highest BCUT2D eigenvalue weighted by molar-refractivity contribution is 5.85. The van der Waals surface area contributed by atoms with Gasteiger partial charge in [-0.2, -0.15) is 0 Å². The van der Waals surface area contributed by atoms with Crippen LogP contribution in [0, 0.1) is 0 Å². The van der Waals surface area contributed by atoms with Crippen LogP contribution in [-0.2, 0) is 9.63 Å². The lowest BCUT2D eigenvalue weighted by Crippen LogP contribution is -2.15. The predicted octanol–water partition coefficient (Wildman–Crippen LogP) is 0.448. The summed E-state index contributed by atoms with van der Waals surface area (Å²) in [7, 11) is 3.31. The number of carbonyl (C=O) groups is 1. The zero-order valence-electron chi connectivity index (χ0n) is 5.17. The summed E-state index contributed by atoms with van der Waals surface area (Å²) in [6.07, 6.45) is 0. The van der Waals surface area contributed by atoms with Crippen molar-refractivity contribution in [2.45, 2.75) is 6.92 Å². The van der Waals surface area contributed by atoms with Crippen molar-refractivity contribution in [2.75, 3.05) is 14.1 Å². The molecule has 3 nitrogen and oxygen atoms in total. The van der Waals surface area contributed by atoms with Gasteiger partial charge in [0.1, 0.15) is 0 Å². The summed E-state index contributed by atoms with van der Waals surface area (Å²) in [5, 5.41) is 1.35. The zero-order chi connectivity index (χ0) is 5.86. The number of hydrogen-bond donors (Lipinski definition) is 0. The first-order valence-corrected chi connectivity index (χ1v) is 1.99. The molecule has 0 amide bonds. The van der Waals surface area contributed by atoms with Crippen molar-refractivity contribution >= 4 is 18.4 Å². The van der Waals surface area contributed by atoms with Crippen molar-refractivity contribution in [1.82, 2.24) is 5.06 Å². The van der Waals surface area contributed by atoms with Crippen molar-refractivity contribution in [3.8, 4) is 0 Å². The molecule has 0 saturated heterocycles. The highest BCUT2D eigenvalue weighted by Crippen LogP contribution is 1.76. The van der Waals surface area contributed by atoms with Crippen LogP contribution in [0.4, 0.5) is 0 Å².